The maximum absolute atomic E-state index is 12.7. The highest BCUT2D eigenvalue weighted by molar-refractivity contribution is 7.89. The predicted octanol–water partition coefficient (Wildman–Crippen LogP) is 3.62. The lowest BCUT2D eigenvalue weighted by Gasteiger charge is -2.25. The number of carboxylic acids is 1. The Bertz CT molecular complexity index is 882. The van der Waals surface area contributed by atoms with E-state index in [4.69, 9.17) is 23.2 Å². The molecule has 25 heavy (non-hydrogen) atoms. The Morgan fingerprint density at radius 1 is 1.16 bits per heavy atom. The average Bonchev–Trinajstić information content (AvgIpc) is 2.55. The fourth-order valence-corrected chi connectivity index (χ4v) is 4.04. The number of nitrogens with zero attached hydrogens (tertiary/aromatic N) is 1. The van der Waals surface area contributed by atoms with Crippen molar-refractivity contribution in [1.82, 2.24) is 4.31 Å². The molecule has 0 fully saturated rings. The molecule has 0 radical (unpaired) electrons. The van der Waals surface area contributed by atoms with E-state index < -0.39 is 22.0 Å². The fraction of sp³-hybridized carbons (Fsp3) is 0.235. The molecule has 2 rings (SSSR count). The molecule has 0 aliphatic rings. The summed E-state index contributed by atoms with van der Waals surface area (Å²) in [7, 11) is -2.72. The topological polar surface area (TPSA) is 74.7 Å². The molecule has 134 valence electrons. The number of halogens is 2. The van der Waals surface area contributed by atoms with E-state index in [0.717, 1.165) is 9.87 Å². The molecule has 0 bridgehead atoms. The van der Waals surface area contributed by atoms with E-state index in [-0.39, 0.29) is 21.4 Å². The van der Waals surface area contributed by atoms with Gasteiger partial charge in [0.1, 0.15) is 6.04 Å². The Kier molecular flexibility index (Phi) is 6.11. The second-order valence-corrected chi connectivity index (χ2v) is 8.39. The summed E-state index contributed by atoms with van der Waals surface area (Å²) in [5.41, 5.74) is 1.37. The summed E-state index contributed by atoms with van der Waals surface area (Å²) < 4.78 is 26.3. The molecular weight excluding hydrogens is 385 g/mol. The van der Waals surface area contributed by atoms with Gasteiger partial charge in [0.25, 0.3) is 0 Å². The summed E-state index contributed by atoms with van der Waals surface area (Å²) in [6, 6.07) is 9.74. The van der Waals surface area contributed by atoms with Crippen molar-refractivity contribution in [3.8, 4) is 0 Å². The summed E-state index contributed by atoms with van der Waals surface area (Å²) in [5, 5.41) is 10.0. The highest BCUT2D eigenvalue weighted by atomic mass is 35.5. The second kappa shape index (κ2) is 7.74. The van der Waals surface area contributed by atoms with Gasteiger partial charge in [0, 0.05) is 13.5 Å². The van der Waals surface area contributed by atoms with Crippen LogP contribution in [0.1, 0.15) is 11.1 Å². The number of hydrogen-bond acceptors (Lipinski definition) is 3. The van der Waals surface area contributed by atoms with E-state index in [2.05, 4.69) is 0 Å². The summed E-state index contributed by atoms with van der Waals surface area (Å²) in [5.74, 6) is -1.27. The van der Waals surface area contributed by atoms with Gasteiger partial charge in [-0.2, -0.15) is 4.31 Å². The lowest BCUT2D eigenvalue weighted by Crippen LogP contribution is -2.43. The van der Waals surface area contributed by atoms with E-state index in [1.54, 1.807) is 30.3 Å². The first-order chi connectivity index (χ1) is 11.6. The van der Waals surface area contributed by atoms with Crippen molar-refractivity contribution in [3.05, 3.63) is 63.6 Å². The van der Waals surface area contributed by atoms with Gasteiger partial charge >= 0.3 is 5.97 Å². The highest BCUT2D eigenvalue weighted by Gasteiger charge is 2.33. The summed E-state index contributed by atoms with van der Waals surface area (Å²) in [4.78, 5) is 11.7. The van der Waals surface area contributed by atoms with E-state index in [1.807, 2.05) is 6.92 Å². The maximum Gasteiger partial charge on any atom is 0.322 e. The molecule has 0 heterocycles. The molecule has 1 unspecified atom stereocenters. The van der Waals surface area contributed by atoms with E-state index in [0.29, 0.717) is 5.56 Å². The van der Waals surface area contributed by atoms with Gasteiger partial charge in [0.2, 0.25) is 10.0 Å². The second-order valence-electron chi connectivity index (χ2n) is 5.61. The summed E-state index contributed by atoms with van der Waals surface area (Å²) >= 11 is 12.0. The van der Waals surface area contributed by atoms with Crippen LogP contribution in [0.15, 0.2) is 47.4 Å². The van der Waals surface area contributed by atoms with Gasteiger partial charge < -0.3 is 5.11 Å². The Hall–Kier alpha value is -1.60. The zero-order chi connectivity index (χ0) is 18.8. The predicted molar refractivity (Wildman–Crippen MR) is 97.7 cm³/mol. The van der Waals surface area contributed by atoms with Crippen molar-refractivity contribution in [1.29, 1.82) is 0 Å². The Morgan fingerprint density at radius 2 is 1.76 bits per heavy atom. The van der Waals surface area contributed by atoms with E-state index in [1.165, 1.54) is 19.2 Å². The first kappa shape index (κ1) is 19.7. The van der Waals surface area contributed by atoms with Crippen LogP contribution in [0.2, 0.25) is 10.0 Å². The van der Waals surface area contributed by atoms with Crippen molar-refractivity contribution < 1.29 is 18.3 Å². The molecule has 8 heteroatoms. The fourth-order valence-electron chi connectivity index (χ4n) is 2.33. The van der Waals surface area contributed by atoms with Crippen LogP contribution in [0.3, 0.4) is 0 Å². The minimum Gasteiger partial charge on any atom is -0.480 e. The molecule has 0 aromatic heterocycles. The first-order valence-corrected chi connectivity index (χ1v) is 9.54. The Morgan fingerprint density at radius 3 is 2.32 bits per heavy atom. The quantitative estimate of drug-likeness (QED) is 0.801. The van der Waals surface area contributed by atoms with Gasteiger partial charge in [0.15, 0.2) is 0 Å². The standard InChI is InChI=1S/C17H17Cl2NO4S/c1-11-6-8-13(9-7-11)25(23,24)20(2)15(17(21)22)10-12-4-3-5-14(18)16(12)19/h3-9,15H,10H2,1-2H3,(H,21,22). The summed E-state index contributed by atoms with van der Waals surface area (Å²) in [6.45, 7) is 1.83. The van der Waals surface area contributed by atoms with E-state index >= 15 is 0 Å². The molecule has 1 N–H and O–H groups in total. The number of likely N-dealkylation sites (N-methyl/N-ethyl adjacent to an activating group) is 1. The molecule has 5 nitrogen and oxygen atoms in total. The monoisotopic (exact) mass is 401 g/mol. The third-order valence-corrected chi connectivity index (χ3v) is 6.61. The third-order valence-electron chi connectivity index (χ3n) is 3.87. The van der Waals surface area contributed by atoms with Crippen molar-refractivity contribution in [2.75, 3.05) is 7.05 Å². The van der Waals surface area contributed by atoms with Gasteiger partial charge in [-0.3, -0.25) is 4.79 Å². The Balaban J connectivity index is 2.37. The van der Waals surface area contributed by atoms with E-state index in [9.17, 15) is 18.3 Å². The van der Waals surface area contributed by atoms with Gasteiger partial charge in [-0.15, -0.1) is 0 Å². The van der Waals surface area contributed by atoms with Crippen LogP contribution in [-0.4, -0.2) is 36.9 Å². The van der Waals surface area contributed by atoms with Crippen LogP contribution < -0.4 is 0 Å². The number of sulfonamides is 1. The average molecular weight is 402 g/mol. The molecule has 0 spiro atoms. The molecule has 2 aromatic carbocycles. The van der Waals surface area contributed by atoms with Crippen molar-refractivity contribution in [2.45, 2.75) is 24.3 Å². The van der Waals surface area contributed by atoms with Crippen LogP contribution in [-0.2, 0) is 21.2 Å². The molecule has 0 aliphatic heterocycles. The first-order valence-electron chi connectivity index (χ1n) is 7.35. The van der Waals surface area contributed by atoms with Gasteiger partial charge in [-0.25, -0.2) is 8.42 Å². The molecule has 2 aromatic rings. The third kappa shape index (κ3) is 4.33. The normalized spacial score (nSPS) is 13.0. The number of carboxylic acid groups (broad SMARTS) is 1. The van der Waals surface area contributed by atoms with Gasteiger partial charge in [-0.05, 0) is 30.7 Å². The lowest BCUT2D eigenvalue weighted by atomic mass is 10.1. The van der Waals surface area contributed by atoms with Crippen LogP contribution >= 0.6 is 23.2 Å². The zero-order valence-corrected chi connectivity index (χ0v) is 15.9. The molecule has 0 saturated carbocycles. The highest BCUT2D eigenvalue weighted by Crippen LogP contribution is 2.28. The van der Waals surface area contributed by atoms with Gasteiger partial charge in [-0.1, -0.05) is 53.0 Å². The molecule has 0 amide bonds. The number of carbonyl (C=O) groups is 1. The molecule has 0 aliphatic carbocycles. The maximum atomic E-state index is 12.7. The van der Waals surface area contributed by atoms with Crippen LogP contribution in [0.25, 0.3) is 0 Å². The van der Waals surface area contributed by atoms with Crippen molar-refractivity contribution >= 4 is 39.2 Å². The number of hydrogen-bond donors (Lipinski definition) is 1. The zero-order valence-electron chi connectivity index (χ0n) is 13.6. The summed E-state index contributed by atoms with van der Waals surface area (Å²) in [6.07, 6.45) is -0.101. The largest absolute Gasteiger partial charge is 0.480 e. The smallest absolute Gasteiger partial charge is 0.322 e. The van der Waals surface area contributed by atoms with Crippen LogP contribution in [0.5, 0.6) is 0 Å². The molecular formula is C17H17Cl2NO4S. The minimum atomic E-state index is -3.97. The van der Waals surface area contributed by atoms with Crippen LogP contribution in [0, 0.1) is 6.92 Å². The lowest BCUT2D eigenvalue weighted by molar-refractivity contribution is -0.141. The molecule has 1 atom stereocenters. The Labute approximate surface area is 156 Å². The van der Waals surface area contributed by atoms with Gasteiger partial charge in [0.05, 0.1) is 14.9 Å². The van der Waals surface area contributed by atoms with Crippen LogP contribution in [0.4, 0.5) is 0 Å². The minimum absolute atomic E-state index is 0.0315. The SMILES string of the molecule is Cc1ccc(S(=O)(=O)N(C)C(Cc2cccc(Cl)c2Cl)C(=O)O)cc1. The molecule has 0 saturated heterocycles. The number of rotatable bonds is 6. The number of aryl methyl sites for hydroxylation is 1. The van der Waals surface area contributed by atoms with Crippen molar-refractivity contribution in [3.63, 3.8) is 0 Å². The number of benzene rings is 2. The van der Waals surface area contributed by atoms with Crippen molar-refractivity contribution in [2.24, 2.45) is 0 Å². The number of aliphatic carboxylic acids is 1.